The molecule has 0 aliphatic carbocycles. The van der Waals surface area contributed by atoms with Gasteiger partial charge in [-0.15, -0.1) is 11.6 Å². The number of rotatable bonds is 11. The molecule has 0 aromatic heterocycles. The van der Waals surface area contributed by atoms with Gasteiger partial charge in [0, 0.05) is 25.5 Å². The molecule has 0 heterocycles. The number of ether oxygens (including phenoxy) is 4. The van der Waals surface area contributed by atoms with Gasteiger partial charge in [-0.05, 0) is 33.6 Å². The molecular weight excluding hydrogens is 284 g/mol. The van der Waals surface area contributed by atoms with Crippen LogP contribution in [0.25, 0.3) is 0 Å². The summed E-state index contributed by atoms with van der Waals surface area (Å²) in [6.07, 6.45) is -0.153. The van der Waals surface area contributed by atoms with Crippen molar-refractivity contribution in [2.45, 2.75) is 59.0 Å². The Bertz CT molecular complexity index is 217. The van der Waals surface area contributed by atoms with E-state index in [1.165, 1.54) is 0 Å². The molecule has 0 bridgehead atoms. The van der Waals surface area contributed by atoms with Crippen LogP contribution in [0.5, 0.6) is 0 Å². The average molecular weight is 310 g/mol. The number of hydrogen-bond donors (Lipinski definition) is 0. The first kappa shape index (κ1) is 19.3. The summed E-state index contributed by atoms with van der Waals surface area (Å²) >= 11 is 5.86. The number of hydrogen-bond acceptors (Lipinski definition) is 4. The molecule has 0 aromatic rings. The summed E-state index contributed by atoms with van der Waals surface area (Å²) in [5.41, 5.74) is -0.961. The zero-order valence-electron chi connectivity index (χ0n) is 12.6. The Labute approximate surface area is 125 Å². The van der Waals surface area contributed by atoms with Gasteiger partial charge in [0.2, 0.25) is 0 Å². The van der Waals surface area contributed by atoms with Crippen molar-refractivity contribution in [1.82, 2.24) is 0 Å². The average Bonchev–Trinajstić information content (AvgIpc) is 2.28. The summed E-state index contributed by atoms with van der Waals surface area (Å²) in [6, 6.07) is 0. The molecule has 0 fully saturated rings. The van der Waals surface area contributed by atoms with Gasteiger partial charge in [0.1, 0.15) is 10.2 Å². The third-order valence-electron chi connectivity index (χ3n) is 2.40. The third-order valence-corrected chi connectivity index (χ3v) is 3.36. The second kappa shape index (κ2) is 10.1. The van der Waals surface area contributed by atoms with E-state index in [0.717, 1.165) is 0 Å². The second-order valence-electron chi connectivity index (χ2n) is 4.50. The van der Waals surface area contributed by atoms with Crippen molar-refractivity contribution in [2.75, 3.05) is 19.1 Å². The normalized spacial score (nSPS) is 19.7. The first-order chi connectivity index (χ1) is 8.86. The van der Waals surface area contributed by atoms with Crippen LogP contribution < -0.4 is 0 Å². The van der Waals surface area contributed by atoms with Gasteiger partial charge in [-0.3, -0.25) is 0 Å². The maximum Gasteiger partial charge on any atom is 0.157 e. The summed E-state index contributed by atoms with van der Waals surface area (Å²) < 4.78 is 22.4. The molecule has 0 aliphatic rings. The Morgan fingerprint density at radius 3 is 1.74 bits per heavy atom. The van der Waals surface area contributed by atoms with Gasteiger partial charge in [0.05, 0.1) is 0 Å². The van der Waals surface area contributed by atoms with Crippen LogP contribution in [0.2, 0.25) is 0 Å². The van der Waals surface area contributed by atoms with E-state index in [-0.39, 0.29) is 18.5 Å². The molecule has 3 atom stereocenters. The van der Waals surface area contributed by atoms with Crippen LogP contribution in [0.15, 0.2) is 0 Å². The van der Waals surface area contributed by atoms with Crippen molar-refractivity contribution in [3.8, 4) is 0 Å². The van der Waals surface area contributed by atoms with Crippen LogP contribution in [0.1, 0.15) is 41.0 Å². The van der Waals surface area contributed by atoms with Crippen LogP contribution in [-0.4, -0.2) is 47.3 Å². The first-order valence-electron chi connectivity index (χ1n) is 6.76. The van der Waals surface area contributed by atoms with E-state index < -0.39 is 5.41 Å². The third kappa shape index (κ3) is 8.99. The van der Waals surface area contributed by atoms with Crippen molar-refractivity contribution in [2.24, 2.45) is 5.92 Å². The SMILES string of the molecule is CCOC(C)OC([Si])(CC(C)CCl)OC(C)OCC. The molecule has 4 nitrogen and oxygen atoms in total. The van der Waals surface area contributed by atoms with Crippen molar-refractivity contribution in [3.05, 3.63) is 0 Å². The molecule has 3 unspecified atom stereocenters. The van der Waals surface area contributed by atoms with E-state index in [9.17, 15) is 0 Å². The van der Waals surface area contributed by atoms with Gasteiger partial charge in [-0.25, -0.2) is 0 Å². The van der Waals surface area contributed by atoms with Crippen LogP contribution in [0, 0.1) is 5.92 Å². The van der Waals surface area contributed by atoms with Crippen molar-refractivity contribution in [3.63, 3.8) is 0 Å². The predicted octanol–water partition coefficient (Wildman–Crippen LogP) is 2.87. The lowest BCUT2D eigenvalue weighted by Crippen LogP contribution is -2.44. The largest absolute Gasteiger partial charge is 0.353 e. The Balaban J connectivity index is 4.60. The molecule has 0 N–H and O–H groups in total. The smallest absolute Gasteiger partial charge is 0.157 e. The van der Waals surface area contributed by atoms with Gasteiger partial charge in [0.15, 0.2) is 18.0 Å². The Morgan fingerprint density at radius 1 is 1.00 bits per heavy atom. The van der Waals surface area contributed by atoms with E-state index in [1.807, 2.05) is 34.6 Å². The molecule has 0 amide bonds. The highest BCUT2D eigenvalue weighted by Crippen LogP contribution is 2.24. The van der Waals surface area contributed by atoms with E-state index in [4.69, 9.17) is 30.5 Å². The summed E-state index contributed by atoms with van der Waals surface area (Å²) in [6.45, 7) is 10.7. The zero-order chi connectivity index (χ0) is 14.9. The highest BCUT2D eigenvalue weighted by Gasteiger charge is 2.32. The minimum Gasteiger partial charge on any atom is -0.353 e. The molecule has 113 valence electrons. The Morgan fingerprint density at radius 2 is 1.42 bits per heavy atom. The van der Waals surface area contributed by atoms with Crippen LogP contribution in [0.3, 0.4) is 0 Å². The molecule has 0 saturated heterocycles. The molecule has 0 saturated carbocycles. The lowest BCUT2D eigenvalue weighted by Gasteiger charge is -2.36. The van der Waals surface area contributed by atoms with Crippen LogP contribution in [0.4, 0.5) is 0 Å². The standard InChI is InChI=1S/C13H26ClO4Si/c1-6-15-11(4)17-13(19,8-10(3)9-14)18-12(5)16-7-2/h10-12H,6-9H2,1-5H3. The van der Waals surface area contributed by atoms with Crippen molar-refractivity contribution in [1.29, 1.82) is 0 Å². The lowest BCUT2D eigenvalue weighted by molar-refractivity contribution is -0.312. The molecule has 0 rings (SSSR count). The minimum atomic E-state index is -0.961. The highest BCUT2D eigenvalue weighted by atomic mass is 35.5. The fourth-order valence-corrected chi connectivity index (χ4v) is 2.50. The minimum absolute atomic E-state index is 0.238. The number of halogens is 1. The second-order valence-corrected chi connectivity index (χ2v) is 5.57. The lowest BCUT2D eigenvalue weighted by atomic mass is 10.1. The van der Waals surface area contributed by atoms with Crippen LogP contribution in [-0.2, 0) is 18.9 Å². The van der Waals surface area contributed by atoms with Gasteiger partial charge >= 0.3 is 0 Å². The zero-order valence-corrected chi connectivity index (χ0v) is 14.3. The van der Waals surface area contributed by atoms with E-state index in [1.54, 1.807) is 0 Å². The molecule has 0 aromatic carbocycles. The van der Waals surface area contributed by atoms with Gasteiger partial charge in [-0.2, -0.15) is 0 Å². The van der Waals surface area contributed by atoms with Gasteiger partial charge in [-0.1, -0.05) is 6.92 Å². The van der Waals surface area contributed by atoms with Gasteiger partial charge < -0.3 is 18.9 Å². The molecule has 0 spiro atoms. The molecule has 3 radical (unpaired) electrons. The fourth-order valence-electron chi connectivity index (χ4n) is 1.71. The van der Waals surface area contributed by atoms with Crippen LogP contribution >= 0.6 is 11.6 Å². The first-order valence-corrected chi connectivity index (χ1v) is 7.80. The molecule has 19 heavy (non-hydrogen) atoms. The predicted molar refractivity (Wildman–Crippen MR) is 77.3 cm³/mol. The monoisotopic (exact) mass is 309 g/mol. The van der Waals surface area contributed by atoms with Gasteiger partial charge in [0.25, 0.3) is 0 Å². The maximum absolute atomic E-state index is 5.86. The van der Waals surface area contributed by atoms with E-state index in [2.05, 4.69) is 10.2 Å². The quantitative estimate of drug-likeness (QED) is 0.334. The summed E-state index contributed by atoms with van der Waals surface area (Å²) in [7, 11) is 3.56. The van der Waals surface area contributed by atoms with Crippen molar-refractivity contribution < 1.29 is 18.9 Å². The summed E-state index contributed by atoms with van der Waals surface area (Å²) in [5.74, 6) is 0.771. The maximum atomic E-state index is 5.86. The molecular formula is C13H26ClO4Si. The van der Waals surface area contributed by atoms with E-state index >= 15 is 0 Å². The number of alkyl halides is 1. The highest BCUT2D eigenvalue weighted by molar-refractivity contribution is 6.18. The summed E-state index contributed by atoms with van der Waals surface area (Å²) in [4.78, 5) is 0. The molecule has 0 aliphatic heterocycles. The fraction of sp³-hybridized carbons (Fsp3) is 1.00. The van der Waals surface area contributed by atoms with E-state index in [0.29, 0.717) is 25.5 Å². The van der Waals surface area contributed by atoms with Crippen molar-refractivity contribution >= 4 is 21.8 Å². The Hall–Kier alpha value is 0.347. The Kier molecular flexibility index (Phi) is 10.3. The summed E-state index contributed by atoms with van der Waals surface area (Å²) in [5, 5.41) is 0. The molecule has 6 heteroatoms. The topological polar surface area (TPSA) is 36.9 Å².